The van der Waals surface area contributed by atoms with Gasteiger partial charge in [-0.25, -0.2) is 4.98 Å². The fourth-order valence-electron chi connectivity index (χ4n) is 3.84. The Balaban J connectivity index is 1.34. The Bertz CT molecular complexity index is 1280. The Hall–Kier alpha value is -3.29. The lowest BCUT2D eigenvalue weighted by Crippen LogP contribution is -2.29. The van der Waals surface area contributed by atoms with Crippen molar-refractivity contribution in [3.8, 4) is 0 Å². The minimum Gasteiger partial charge on any atom is -0.322 e. The molecule has 0 unspecified atom stereocenters. The zero-order chi connectivity index (χ0) is 20.5. The summed E-state index contributed by atoms with van der Waals surface area (Å²) in [5.74, 6) is -0.315. The van der Waals surface area contributed by atoms with Gasteiger partial charge in [0.25, 0.3) is 5.91 Å². The first kappa shape index (κ1) is 18.7. The second-order valence-electron chi connectivity index (χ2n) is 7.38. The molecule has 4 aromatic rings. The van der Waals surface area contributed by atoms with Crippen molar-refractivity contribution in [3.63, 3.8) is 0 Å². The van der Waals surface area contributed by atoms with Crippen LogP contribution in [0.5, 0.6) is 0 Å². The van der Waals surface area contributed by atoms with Crippen molar-refractivity contribution < 1.29 is 4.79 Å². The summed E-state index contributed by atoms with van der Waals surface area (Å²) < 4.78 is 0. The van der Waals surface area contributed by atoms with Crippen molar-refractivity contribution in [2.45, 2.75) is 19.5 Å². The Kier molecular flexibility index (Phi) is 4.90. The fraction of sp³-hybridized carbons (Fsp3) is 0.174. The van der Waals surface area contributed by atoms with Crippen LogP contribution in [0.25, 0.3) is 10.9 Å². The number of pyridine rings is 1. The lowest BCUT2D eigenvalue weighted by molar-refractivity contribution is 0.102. The smallest absolute Gasteiger partial charge is 0.258 e. The molecule has 0 fully saturated rings. The molecule has 0 radical (unpaired) electrons. The van der Waals surface area contributed by atoms with E-state index in [4.69, 9.17) is 0 Å². The molecule has 0 spiro atoms. The maximum absolute atomic E-state index is 12.9. The molecule has 1 aliphatic heterocycles. The van der Waals surface area contributed by atoms with Crippen LogP contribution in [-0.2, 0) is 19.5 Å². The van der Waals surface area contributed by atoms with Crippen molar-refractivity contribution in [3.05, 3.63) is 92.7 Å². The maximum Gasteiger partial charge on any atom is 0.258 e. The van der Waals surface area contributed by atoms with Gasteiger partial charge in [0.2, 0.25) is 5.56 Å². The van der Waals surface area contributed by atoms with E-state index in [-0.39, 0.29) is 11.5 Å². The number of rotatable bonds is 4. The van der Waals surface area contributed by atoms with Gasteiger partial charge in [-0.3, -0.25) is 19.8 Å². The standard InChI is InChI=1S/C23H20N4O2S/c28-21-12-17(16-8-4-5-9-18(16)24-21)22(29)26-23-25-19-10-11-27(14-20(19)30-23)13-15-6-2-1-3-7-15/h1-9,12H,10-11,13-14H2,(H,24,28)(H,25,26,29). The number of nitrogens with zero attached hydrogens (tertiary/aromatic N) is 2. The van der Waals surface area contributed by atoms with E-state index in [0.29, 0.717) is 21.6 Å². The van der Waals surface area contributed by atoms with Gasteiger partial charge in [0, 0.05) is 47.9 Å². The van der Waals surface area contributed by atoms with E-state index in [2.05, 4.69) is 44.5 Å². The topological polar surface area (TPSA) is 78.1 Å². The molecule has 3 heterocycles. The van der Waals surface area contributed by atoms with Crippen molar-refractivity contribution in [2.24, 2.45) is 0 Å². The summed E-state index contributed by atoms with van der Waals surface area (Å²) in [4.78, 5) is 35.8. The first-order valence-electron chi connectivity index (χ1n) is 9.84. The van der Waals surface area contributed by atoms with E-state index >= 15 is 0 Å². The van der Waals surface area contributed by atoms with Gasteiger partial charge in [-0.15, -0.1) is 11.3 Å². The number of H-pyrrole nitrogens is 1. The van der Waals surface area contributed by atoms with Crippen LogP contribution >= 0.6 is 11.3 Å². The van der Waals surface area contributed by atoms with Crippen molar-refractivity contribution >= 4 is 33.3 Å². The fourth-order valence-corrected chi connectivity index (χ4v) is 4.88. The summed E-state index contributed by atoms with van der Waals surface area (Å²) in [6.45, 7) is 2.67. The molecule has 2 aromatic heterocycles. The molecule has 0 atom stereocenters. The summed E-state index contributed by atoms with van der Waals surface area (Å²) in [5.41, 5.74) is 3.04. The number of aromatic nitrogens is 2. The van der Waals surface area contributed by atoms with Gasteiger partial charge in [-0.1, -0.05) is 48.5 Å². The summed E-state index contributed by atoms with van der Waals surface area (Å²) in [6.07, 6.45) is 0.864. The summed E-state index contributed by atoms with van der Waals surface area (Å²) in [6, 6.07) is 19.1. The number of carbonyl (C=O) groups is 1. The average molecular weight is 417 g/mol. The van der Waals surface area contributed by atoms with Gasteiger partial charge >= 0.3 is 0 Å². The molecule has 0 bridgehead atoms. The quantitative estimate of drug-likeness (QED) is 0.531. The molecule has 1 aliphatic rings. The van der Waals surface area contributed by atoms with E-state index in [1.165, 1.54) is 27.8 Å². The largest absolute Gasteiger partial charge is 0.322 e. The number of thiazole rings is 1. The molecular formula is C23H20N4O2S. The zero-order valence-corrected chi connectivity index (χ0v) is 17.0. The third-order valence-electron chi connectivity index (χ3n) is 5.27. The lowest BCUT2D eigenvalue weighted by Gasteiger charge is -2.25. The minimum absolute atomic E-state index is 0.297. The third-order valence-corrected chi connectivity index (χ3v) is 6.27. The maximum atomic E-state index is 12.9. The minimum atomic E-state index is -0.315. The Labute approximate surface area is 177 Å². The summed E-state index contributed by atoms with van der Waals surface area (Å²) >= 11 is 1.51. The van der Waals surface area contributed by atoms with Crippen LogP contribution in [0.15, 0.2) is 65.5 Å². The van der Waals surface area contributed by atoms with Crippen molar-refractivity contribution in [1.82, 2.24) is 14.9 Å². The number of carbonyl (C=O) groups excluding carboxylic acids is 1. The Morgan fingerprint density at radius 3 is 2.80 bits per heavy atom. The zero-order valence-electron chi connectivity index (χ0n) is 16.2. The normalized spacial score (nSPS) is 13.9. The number of benzene rings is 2. The van der Waals surface area contributed by atoms with E-state index in [9.17, 15) is 9.59 Å². The number of hydrogen-bond acceptors (Lipinski definition) is 5. The highest BCUT2D eigenvalue weighted by molar-refractivity contribution is 7.15. The molecule has 7 heteroatoms. The van der Waals surface area contributed by atoms with Crippen LogP contribution in [0.2, 0.25) is 0 Å². The molecule has 0 saturated carbocycles. The predicted octanol–water partition coefficient (Wildman–Crippen LogP) is 3.80. The van der Waals surface area contributed by atoms with E-state index in [1.54, 1.807) is 6.07 Å². The molecule has 150 valence electrons. The number of nitrogens with one attached hydrogen (secondary N) is 2. The molecule has 6 nitrogen and oxygen atoms in total. The lowest BCUT2D eigenvalue weighted by atomic mass is 10.1. The van der Waals surface area contributed by atoms with Crippen LogP contribution in [0.3, 0.4) is 0 Å². The number of hydrogen-bond donors (Lipinski definition) is 2. The van der Waals surface area contributed by atoms with Gasteiger partial charge < -0.3 is 4.98 Å². The molecular weight excluding hydrogens is 396 g/mol. The summed E-state index contributed by atoms with van der Waals surface area (Å²) in [7, 11) is 0. The van der Waals surface area contributed by atoms with Crippen LogP contribution in [0.1, 0.15) is 26.5 Å². The number of aromatic amines is 1. The molecule has 1 amide bonds. The van der Waals surface area contributed by atoms with Gasteiger partial charge in [0.1, 0.15) is 0 Å². The number of fused-ring (bicyclic) bond motifs is 2. The predicted molar refractivity (Wildman–Crippen MR) is 119 cm³/mol. The monoisotopic (exact) mass is 416 g/mol. The average Bonchev–Trinajstić information content (AvgIpc) is 3.15. The molecule has 30 heavy (non-hydrogen) atoms. The highest BCUT2D eigenvalue weighted by Crippen LogP contribution is 2.29. The van der Waals surface area contributed by atoms with E-state index in [0.717, 1.165) is 31.7 Å². The first-order chi connectivity index (χ1) is 14.7. The Morgan fingerprint density at radius 2 is 1.93 bits per heavy atom. The molecule has 0 saturated heterocycles. The van der Waals surface area contributed by atoms with Crippen molar-refractivity contribution in [2.75, 3.05) is 11.9 Å². The van der Waals surface area contributed by atoms with Gasteiger partial charge in [0.15, 0.2) is 5.13 Å². The second kappa shape index (κ2) is 7.85. The number of amides is 1. The van der Waals surface area contributed by atoms with Crippen LogP contribution < -0.4 is 10.9 Å². The SMILES string of the molecule is O=C(Nc1nc2c(s1)CN(Cc1ccccc1)CC2)c1cc(=O)[nH]c2ccccc12. The van der Waals surface area contributed by atoms with Gasteiger partial charge in [-0.2, -0.15) is 0 Å². The third kappa shape index (κ3) is 3.77. The molecule has 2 aromatic carbocycles. The van der Waals surface area contributed by atoms with Gasteiger partial charge in [0.05, 0.1) is 11.3 Å². The van der Waals surface area contributed by atoms with E-state index in [1.807, 2.05) is 24.3 Å². The van der Waals surface area contributed by atoms with Crippen LogP contribution in [-0.4, -0.2) is 27.3 Å². The van der Waals surface area contributed by atoms with Crippen molar-refractivity contribution in [1.29, 1.82) is 0 Å². The van der Waals surface area contributed by atoms with Crippen LogP contribution in [0.4, 0.5) is 5.13 Å². The summed E-state index contributed by atoms with van der Waals surface area (Å²) in [5, 5.41) is 4.19. The van der Waals surface area contributed by atoms with Gasteiger partial charge in [-0.05, 0) is 11.6 Å². The second-order valence-corrected chi connectivity index (χ2v) is 8.47. The van der Waals surface area contributed by atoms with E-state index < -0.39 is 0 Å². The van der Waals surface area contributed by atoms with Crippen LogP contribution in [0, 0.1) is 0 Å². The molecule has 5 rings (SSSR count). The first-order valence-corrected chi connectivity index (χ1v) is 10.7. The molecule has 2 N–H and O–H groups in total. The Morgan fingerprint density at radius 1 is 1.13 bits per heavy atom. The molecule has 0 aliphatic carbocycles. The highest BCUT2D eigenvalue weighted by atomic mass is 32.1. The number of para-hydroxylation sites is 1. The highest BCUT2D eigenvalue weighted by Gasteiger charge is 2.22. The number of anilines is 1.